The van der Waals surface area contributed by atoms with Crippen LogP contribution in [0.5, 0.6) is 11.5 Å². The summed E-state index contributed by atoms with van der Waals surface area (Å²) in [5.74, 6) is -1.52. The Labute approximate surface area is 217 Å². The highest BCUT2D eigenvalue weighted by molar-refractivity contribution is 6.07. The van der Waals surface area contributed by atoms with Crippen molar-refractivity contribution in [2.45, 2.75) is 31.0 Å². The smallest absolute Gasteiger partial charge is 0.471 e. The topological polar surface area (TPSA) is 67.9 Å². The Morgan fingerprint density at radius 1 is 0.895 bits per heavy atom. The van der Waals surface area contributed by atoms with Gasteiger partial charge in [-0.05, 0) is 59.9 Å². The molecule has 0 fully saturated rings. The number of halogens is 3. The first kappa shape index (κ1) is 25.4. The normalized spacial score (nSPS) is 19.2. The van der Waals surface area contributed by atoms with Crippen molar-refractivity contribution in [2.24, 2.45) is 0 Å². The maximum Gasteiger partial charge on any atom is 0.471 e. The van der Waals surface area contributed by atoms with Crippen LogP contribution in [0.2, 0.25) is 0 Å². The Kier molecular flexibility index (Phi) is 6.60. The number of hydrogen-bond donors (Lipinski definition) is 1. The monoisotopic (exact) mass is 522 g/mol. The number of allylic oxidation sites excluding steroid dienone is 1. The summed E-state index contributed by atoms with van der Waals surface area (Å²) >= 11 is 0. The molecule has 0 spiro atoms. The standard InChI is InChI=1S/C29H25F3N2O4/c1-37-20-12-10-17(11-13-20)19-15-23-26(25(35)16-19)27(18-6-5-7-21(14-18)38-2)34(28(36)29(30,31)32)24-9-4-3-8-22(24)33-23/h3-14,19,27,33H,15-16H2,1-2H3. The number of carbonyl (C=O) groups is 2. The molecule has 0 bridgehead atoms. The number of alkyl halides is 3. The molecule has 5 rings (SSSR count). The molecule has 1 aliphatic heterocycles. The highest BCUT2D eigenvalue weighted by Gasteiger charge is 2.50. The molecule has 1 heterocycles. The first-order chi connectivity index (χ1) is 18.2. The van der Waals surface area contributed by atoms with Gasteiger partial charge in [0.1, 0.15) is 11.5 Å². The maximum atomic E-state index is 14.0. The summed E-state index contributed by atoms with van der Waals surface area (Å²) in [6, 6.07) is 18.8. The van der Waals surface area contributed by atoms with Crippen molar-refractivity contribution in [2.75, 3.05) is 24.4 Å². The molecule has 6 nitrogen and oxygen atoms in total. The van der Waals surface area contributed by atoms with E-state index in [2.05, 4.69) is 5.32 Å². The van der Waals surface area contributed by atoms with Gasteiger partial charge in [-0.2, -0.15) is 13.2 Å². The van der Waals surface area contributed by atoms with E-state index >= 15 is 0 Å². The number of nitrogens with one attached hydrogen (secondary N) is 1. The van der Waals surface area contributed by atoms with Crippen molar-refractivity contribution < 1.29 is 32.2 Å². The van der Waals surface area contributed by atoms with Crippen molar-refractivity contribution in [3.05, 3.63) is 95.2 Å². The van der Waals surface area contributed by atoms with Gasteiger partial charge in [-0.3, -0.25) is 14.5 Å². The first-order valence-corrected chi connectivity index (χ1v) is 12.0. The Bertz CT molecular complexity index is 1420. The van der Waals surface area contributed by atoms with Gasteiger partial charge in [-0.25, -0.2) is 0 Å². The number of ether oxygens (including phenoxy) is 2. The largest absolute Gasteiger partial charge is 0.497 e. The summed E-state index contributed by atoms with van der Waals surface area (Å²) in [7, 11) is 3.01. The number of methoxy groups -OCH3 is 2. The van der Waals surface area contributed by atoms with Crippen LogP contribution in [0.25, 0.3) is 0 Å². The van der Waals surface area contributed by atoms with Gasteiger partial charge in [0.05, 0.1) is 31.6 Å². The van der Waals surface area contributed by atoms with Gasteiger partial charge in [0.15, 0.2) is 5.78 Å². The quantitative estimate of drug-likeness (QED) is 0.444. The number of para-hydroxylation sites is 2. The van der Waals surface area contributed by atoms with Crippen molar-refractivity contribution >= 4 is 23.1 Å². The van der Waals surface area contributed by atoms with Crippen molar-refractivity contribution in [1.82, 2.24) is 0 Å². The van der Waals surface area contributed by atoms with Gasteiger partial charge in [0.25, 0.3) is 0 Å². The second kappa shape index (κ2) is 9.89. The lowest BCUT2D eigenvalue weighted by molar-refractivity contribution is -0.170. The maximum absolute atomic E-state index is 14.0. The summed E-state index contributed by atoms with van der Waals surface area (Å²) in [6.45, 7) is 0. The summed E-state index contributed by atoms with van der Waals surface area (Å²) in [5.41, 5.74) is 2.21. The van der Waals surface area contributed by atoms with Crippen LogP contribution in [0.1, 0.15) is 35.9 Å². The first-order valence-electron chi connectivity index (χ1n) is 12.0. The highest BCUT2D eigenvalue weighted by atomic mass is 19.4. The van der Waals surface area contributed by atoms with Crippen LogP contribution in [0.15, 0.2) is 84.1 Å². The number of rotatable bonds is 4. The average Bonchev–Trinajstić information content (AvgIpc) is 3.06. The third-order valence-electron chi connectivity index (χ3n) is 6.95. The van der Waals surface area contributed by atoms with Gasteiger partial charge in [0, 0.05) is 17.7 Å². The minimum Gasteiger partial charge on any atom is -0.497 e. The lowest BCUT2D eigenvalue weighted by Gasteiger charge is -2.35. The molecule has 0 aromatic heterocycles. The number of benzene rings is 3. The van der Waals surface area contributed by atoms with Crippen molar-refractivity contribution in [3.8, 4) is 11.5 Å². The molecule has 3 aromatic rings. The number of amides is 1. The van der Waals surface area contributed by atoms with Gasteiger partial charge >= 0.3 is 12.1 Å². The summed E-state index contributed by atoms with van der Waals surface area (Å²) in [5, 5.41) is 3.22. The molecule has 196 valence electrons. The number of anilines is 2. The number of fused-ring (bicyclic) bond motifs is 1. The Hall–Kier alpha value is -4.27. The fourth-order valence-electron chi connectivity index (χ4n) is 5.19. The van der Waals surface area contributed by atoms with E-state index in [4.69, 9.17) is 9.47 Å². The molecule has 9 heteroatoms. The predicted octanol–water partition coefficient (Wildman–Crippen LogP) is 6.17. The van der Waals surface area contributed by atoms with E-state index in [0.717, 1.165) is 5.56 Å². The van der Waals surface area contributed by atoms with Crippen LogP contribution in [0.3, 0.4) is 0 Å². The molecule has 1 amide bonds. The molecule has 38 heavy (non-hydrogen) atoms. The van der Waals surface area contributed by atoms with E-state index in [9.17, 15) is 22.8 Å². The molecule has 0 saturated heterocycles. The number of carbonyl (C=O) groups excluding carboxylic acids is 2. The van der Waals surface area contributed by atoms with Crippen molar-refractivity contribution in [3.63, 3.8) is 0 Å². The van der Waals surface area contributed by atoms with Crippen LogP contribution < -0.4 is 19.7 Å². The summed E-state index contributed by atoms with van der Waals surface area (Å²) in [4.78, 5) is 27.5. The molecule has 3 aromatic carbocycles. The Morgan fingerprint density at radius 3 is 2.29 bits per heavy atom. The molecule has 1 N–H and O–H groups in total. The zero-order valence-electron chi connectivity index (χ0n) is 20.7. The molecular formula is C29H25F3N2O4. The van der Waals surface area contributed by atoms with Crippen LogP contribution in [0, 0.1) is 0 Å². The molecule has 2 atom stereocenters. The minimum absolute atomic E-state index is 0.0332. The number of ketones is 1. The third kappa shape index (κ3) is 4.60. The van der Waals surface area contributed by atoms with E-state index in [1.165, 1.54) is 13.2 Å². The minimum atomic E-state index is -5.17. The second-order valence-corrected chi connectivity index (χ2v) is 9.19. The third-order valence-corrected chi connectivity index (χ3v) is 6.95. The second-order valence-electron chi connectivity index (χ2n) is 9.19. The van der Waals surface area contributed by atoms with E-state index in [0.29, 0.717) is 39.8 Å². The zero-order chi connectivity index (χ0) is 27.0. The molecule has 0 saturated carbocycles. The van der Waals surface area contributed by atoms with Gasteiger partial charge in [-0.1, -0.05) is 36.4 Å². The number of nitrogens with zero attached hydrogens (tertiary/aromatic N) is 1. The highest BCUT2D eigenvalue weighted by Crippen LogP contribution is 2.48. The van der Waals surface area contributed by atoms with Crippen LogP contribution in [-0.4, -0.2) is 32.1 Å². The van der Waals surface area contributed by atoms with Crippen LogP contribution in [0.4, 0.5) is 24.5 Å². The van der Waals surface area contributed by atoms with E-state index in [-0.39, 0.29) is 29.4 Å². The lowest BCUT2D eigenvalue weighted by atomic mass is 9.78. The predicted molar refractivity (Wildman–Crippen MR) is 136 cm³/mol. The lowest BCUT2D eigenvalue weighted by Crippen LogP contribution is -2.45. The van der Waals surface area contributed by atoms with Gasteiger partial charge in [0.2, 0.25) is 0 Å². The summed E-state index contributed by atoms with van der Waals surface area (Å²) in [6.07, 6.45) is -4.72. The molecular weight excluding hydrogens is 497 g/mol. The Morgan fingerprint density at radius 2 is 1.61 bits per heavy atom. The molecule has 1 aliphatic carbocycles. The summed E-state index contributed by atoms with van der Waals surface area (Å²) < 4.78 is 52.6. The van der Waals surface area contributed by atoms with E-state index in [1.54, 1.807) is 49.6 Å². The number of Topliss-reactive ketones (excluding diaryl/α,β-unsaturated/α-hetero) is 1. The molecule has 0 radical (unpaired) electrons. The molecule has 2 aliphatic rings. The zero-order valence-corrected chi connectivity index (χ0v) is 20.7. The number of hydrogen-bond acceptors (Lipinski definition) is 5. The fourth-order valence-corrected chi connectivity index (χ4v) is 5.19. The Balaban J connectivity index is 1.71. The molecule has 2 unspecified atom stereocenters. The van der Waals surface area contributed by atoms with Crippen LogP contribution in [-0.2, 0) is 9.59 Å². The van der Waals surface area contributed by atoms with Crippen LogP contribution >= 0.6 is 0 Å². The van der Waals surface area contributed by atoms with E-state index in [1.807, 2.05) is 24.3 Å². The van der Waals surface area contributed by atoms with E-state index < -0.39 is 18.1 Å². The fraction of sp³-hybridized carbons (Fsp3) is 0.241. The SMILES string of the molecule is COc1ccc(C2CC(=O)C3=C(C2)Nc2ccccc2N(C(=O)C(F)(F)F)C3c2cccc(OC)c2)cc1. The van der Waals surface area contributed by atoms with Gasteiger partial charge < -0.3 is 14.8 Å². The van der Waals surface area contributed by atoms with Crippen molar-refractivity contribution in [1.29, 1.82) is 0 Å². The van der Waals surface area contributed by atoms with Gasteiger partial charge in [-0.15, -0.1) is 0 Å². The average molecular weight is 523 g/mol.